The Balaban J connectivity index is 2.26. The fourth-order valence-electron chi connectivity index (χ4n) is 1.91. The summed E-state index contributed by atoms with van der Waals surface area (Å²) < 4.78 is 4.78. The molecule has 0 N–H and O–H groups in total. The molecule has 18 heavy (non-hydrogen) atoms. The van der Waals surface area contributed by atoms with Crippen molar-refractivity contribution in [2.45, 2.75) is 19.4 Å². The minimum atomic E-state index is -0.684. The minimum Gasteiger partial charge on any atom is -0.416 e. The number of ketones is 1. The number of nitrogens with zero attached hydrogens (tertiary/aromatic N) is 1. The maximum absolute atomic E-state index is 11.3. The Kier molecular flexibility index (Phi) is 3.59. The van der Waals surface area contributed by atoms with Crippen LogP contribution in [0.25, 0.3) is 10.8 Å². The van der Waals surface area contributed by atoms with Gasteiger partial charge in [-0.2, -0.15) is 5.26 Å². The lowest BCUT2D eigenvalue weighted by Gasteiger charge is -2.11. The van der Waals surface area contributed by atoms with E-state index in [9.17, 15) is 4.79 Å². The van der Waals surface area contributed by atoms with Crippen molar-refractivity contribution in [3.8, 4) is 6.26 Å². The molecule has 0 aliphatic carbocycles. The van der Waals surface area contributed by atoms with Gasteiger partial charge in [0, 0.05) is 6.42 Å². The Morgan fingerprint density at radius 1 is 1.28 bits per heavy atom. The molecule has 0 saturated carbocycles. The Bertz CT molecular complexity index is 613. The van der Waals surface area contributed by atoms with Crippen molar-refractivity contribution < 1.29 is 9.53 Å². The molecule has 0 fully saturated rings. The predicted octanol–water partition coefficient (Wildman–Crippen LogP) is 2.84. The van der Waals surface area contributed by atoms with Crippen molar-refractivity contribution in [2.24, 2.45) is 0 Å². The molecule has 0 saturated heterocycles. The zero-order valence-electron chi connectivity index (χ0n) is 10.1. The number of carbonyl (C=O) groups excluding carboxylic acids is 1. The van der Waals surface area contributed by atoms with Crippen molar-refractivity contribution >= 4 is 16.6 Å². The largest absolute Gasteiger partial charge is 0.416 e. The van der Waals surface area contributed by atoms with Crippen LogP contribution < -0.4 is 0 Å². The molecule has 0 heterocycles. The van der Waals surface area contributed by atoms with Gasteiger partial charge < -0.3 is 4.74 Å². The summed E-state index contributed by atoms with van der Waals surface area (Å²) in [4.78, 5) is 11.3. The van der Waals surface area contributed by atoms with Crippen LogP contribution in [0.4, 0.5) is 0 Å². The highest BCUT2D eigenvalue weighted by atomic mass is 16.5. The van der Waals surface area contributed by atoms with Gasteiger partial charge >= 0.3 is 0 Å². The van der Waals surface area contributed by atoms with Crippen LogP contribution in [0.5, 0.6) is 0 Å². The van der Waals surface area contributed by atoms with E-state index in [0.717, 1.165) is 16.3 Å². The molecule has 0 amide bonds. The zero-order valence-corrected chi connectivity index (χ0v) is 10.1. The lowest BCUT2D eigenvalue weighted by Crippen LogP contribution is -2.22. The summed E-state index contributed by atoms with van der Waals surface area (Å²) in [5.41, 5.74) is 0.990. The first-order valence-electron chi connectivity index (χ1n) is 5.73. The second kappa shape index (κ2) is 5.33. The highest BCUT2D eigenvalue weighted by molar-refractivity contribution is 5.84. The quantitative estimate of drug-likeness (QED) is 0.771. The molecule has 0 radical (unpaired) electrons. The second-order valence-electron chi connectivity index (χ2n) is 4.19. The number of benzene rings is 2. The summed E-state index contributed by atoms with van der Waals surface area (Å²) in [6.45, 7) is 1.43. The van der Waals surface area contributed by atoms with Gasteiger partial charge in [-0.15, -0.1) is 0 Å². The first-order chi connectivity index (χ1) is 8.70. The molecule has 0 aromatic heterocycles. The monoisotopic (exact) mass is 239 g/mol. The average molecular weight is 239 g/mol. The summed E-state index contributed by atoms with van der Waals surface area (Å²) >= 11 is 0. The summed E-state index contributed by atoms with van der Waals surface area (Å²) in [5.74, 6) is -0.135. The number of carbonyl (C=O) groups is 1. The summed E-state index contributed by atoms with van der Waals surface area (Å²) in [6, 6.07) is 14.0. The van der Waals surface area contributed by atoms with Gasteiger partial charge in [0.05, 0.1) is 0 Å². The van der Waals surface area contributed by atoms with Crippen LogP contribution in [-0.2, 0) is 16.0 Å². The molecule has 0 unspecified atom stereocenters. The van der Waals surface area contributed by atoms with Gasteiger partial charge in [0.2, 0.25) is 0 Å². The number of ether oxygens (including phenoxy) is 1. The van der Waals surface area contributed by atoms with Gasteiger partial charge in [-0.1, -0.05) is 42.5 Å². The van der Waals surface area contributed by atoms with E-state index in [1.165, 1.54) is 6.92 Å². The SMILES string of the molecule is CC(=O)[C@H](Cc1ccc2ccccc2c1)OC#N. The Hall–Kier alpha value is -2.34. The van der Waals surface area contributed by atoms with Crippen molar-refractivity contribution in [1.82, 2.24) is 0 Å². The molecular weight excluding hydrogens is 226 g/mol. The molecule has 0 spiro atoms. The van der Waals surface area contributed by atoms with Crippen molar-refractivity contribution in [2.75, 3.05) is 0 Å². The maximum atomic E-state index is 11.3. The molecule has 3 heteroatoms. The van der Waals surface area contributed by atoms with E-state index < -0.39 is 6.10 Å². The van der Waals surface area contributed by atoms with Crippen molar-refractivity contribution in [3.63, 3.8) is 0 Å². The molecular formula is C15H13NO2. The molecule has 2 aromatic rings. The normalized spacial score (nSPS) is 11.8. The Morgan fingerprint density at radius 3 is 2.67 bits per heavy atom. The zero-order chi connectivity index (χ0) is 13.0. The average Bonchev–Trinajstić information content (AvgIpc) is 2.38. The highest BCUT2D eigenvalue weighted by Gasteiger charge is 2.16. The fourth-order valence-corrected chi connectivity index (χ4v) is 1.91. The van der Waals surface area contributed by atoms with Crippen LogP contribution in [0.1, 0.15) is 12.5 Å². The Labute approximate surface area is 106 Å². The van der Waals surface area contributed by atoms with Crippen LogP contribution >= 0.6 is 0 Å². The first kappa shape index (κ1) is 12.1. The fraction of sp³-hybridized carbons (Fsp3) is 0.200. The predicted molar refractivity (Wildman–Crippen MR) is 68.8 cm³/mol. The van der Waals surface area contributed by atoms with E-state index in [1.54, 1.807) is 6.26 Å². The van der Waals surface area contributed by atoms with E-state index in [4.69, 9.17) is 10.00 Å². The number of Topliss-reactive ketones (excluding diaryl/α,β-unsaturated/α-hetero) is 1. The third kappa shape index (κ3) is 2.67. The van der Waals surface area contributed by atoms with Gasteiger partial charge in [-0.05, 0) is 23.3 Å². The van der Waals surface area contributed by atoms with Crippen LogP contribution in [0, 0.1) is 11.5 Å². The third-order valence-electron chi connectivity index (χ3n) is 2.88. The molecule has 90 valence electrons. The van der Waals surface area contributed by atoms with Crippen molar-refractivity contribution in [3.05, 3.63) is 48.0 Å². The topological polar surface area (TPSA) is 50.1 Å². The van der Waals surface area contributed by atoms with Gasteiger partial charge in [0.1, 0.15) is 0 Å². The smallest absolute Gasteiger partial charge is 0.287 e. The number of hydrogen-bond acceptors (Lipinski definition) is 3. The van der Waals surface area contributed by atoms with E-state index in [2.05, 4.69) is 0 Å². The summed E-state index contributed by atoms with van der Waals surface area (Å²) in [6.07, 6.45) is 1.33. The number of fused-ring (bicyclic) bond motifs is 1. The first-order valence-corrected chi connectivity index (χ1v) is 5.73. The van der Waals surface area contributed by atoms with Gasteiger partial charge in [0.25, 0.3) is 6.26 Å². The molecule has 3 nitrogen and oxygen atoms in total. The van der Waals surface area contributed by atoms with Gasteiger partial charge in [-0.3, -0.25) is 4.79 Å². The Morgan fingerprint density at radius 2 is 2.00 bits per heavy atom. The number of nitriles is 1. The van der Waals surface area contributed by atoms with E-state index >= 15 is 0 Å². The molecule has 0 aliphatic heterocycles. The third-order valence-corrected chi connectivity index (χ3v) is 2.88. The molecule has 1 atom stereocenters. The molecule has 0 bridgehead atoms. The highest BCUT2D eigenvalue weighted by Crippen LogP contribution is 2.17. The lowest BCUT2D eigenvalue weighted by atomic mass is 10.0. The van der Waals surface area contributed by atoms with Crippen LogP contribution in [0.3, 0.4) is 0 Å². The van der Waals surface area contributed by atoms with Crippen LogP contribution in [0.15, 0.2) is 42.5 Å². The standard InChI is InChI=1S/C15H13NO2/c1-11(17)15(18-10-16)9-12-6-7-13-4-2-3-5-14(13)8-12/h2-8,15H,9H2,1H3/t15-/m0/s1. The maximum Gasteiger partial charge on any atom is 0.287 e. The minimum absolute atomic E-state index is 0.135. The molecule has 2 rings (SSSR count). The second-order valence-corrected chi connectivity index (χ2v) is 4.19. The molecule has 2 aromatic carbocycles. The van der Waals surface area contributed by atoms with Gasteiger partial charge in [0.15, 0.2) is 11.9 Å². The van der Waals surface area contributed by atoms with Crippen molar-refractivity contribution in [1.29, 1.82) is 5.26 Å². The number of rotatable bonds is 4. The van der Waals surface area contributed by atoms with Crippen LogP contribution in [0.2, 0.25) is 0 Å². The van der Waals surface area contributed by atoms with E-state index in [0.29, 0.717) is 6.42 Å². The summed E-state index contributed by atoms with van der Waals surface area (Å²) in [7, 11) is 0. The van der Waals surface area contributed by atoms with E-state index in [-0.39, 0.29) is 5.78 Å². The molecule has 0 aliphatic rings. The number of hydrogen-bond donors (Lipinski definition) is 0. The van der Waals surface area contributed by atoms with Crippen LogP contribution in [-0.4, -0.2) is 11.9 Å². The lowest BCUT2D eigenvalue weighted by molar-refractivity contribution is -0.124. The summed E-state index contributed by atoms with van der Waals surface area (Å²) in [5, 5.41) is 10.8. The van der Waals surface area contributed by atoms with Gasteiger partial charge in [-0.25, -0.2) is 0 Å². The van der Waals surface area contributed by atoms with E-state index in [1.807, 2.05) is 42.5 Å².